The van der Waals surface area contributed by atoms with Crippen LogP contribution in [0.25, 0.3) is 0 Å². The summed E-state index contributed by atoms with van der Waals surface area (Å²) in [6.45, 7) is 7.06. The molecule has 2 aromatic rings. The van der Waals surface area contributed by atoms with Crippen LogP contribution in [-0.2, 0) is 36.2 Å². The number of nitrogens with zero attached hydrogens (tertiary/aromatic N) is 5. The lowest BCUT2D eigenvalue weighted by Gasteiger charge is -2.32. The molecular weight excluding hydrogens is 354 g/mol. The molecule has 2 aliphatic heterocycles. The second-order valence-electron chi connectivity index (χ2n) is 7.13. The molecule has 0 spiro atoms. The summed E-state index contributed by atoms with van der Waals surface area (Å²) < 4.78 is 32.0. The summed E-state index contributed by atoms with van der Waals surface area (Å²) in [4.78, 5) is 4.68. The Kier molecular flexibility index (Phi) is 4.87. The summed E-state index contributed by atoms with van der Waals surface area (Å²) in [5.41, 5.74) is 3.50. The number of sulfonamides is 1. The quantitative estimate of drug-likeness (QED) is 0.756. The molecule has 2 aromatic heterocycles. The lowest BCUT2D eigenvalue weighted by molar-refractivity contribution is 0.179. The van der Waals surface area contributed by atoms with Crippen LogP contribution in [0, 0.1) is 0 Å². The molecule has 0 N–H and O–H groups in total. The molecule has 0 bridgehead atoms. The average molecular weight is 379 g/mol. The fourth-order valence-electron chi connectivity index (χ4n) is 3.68. The molecule has 26 heavy (non-hydrogen) atoms. The predicted molar refractivity (Wildman–Crippen MR) is 96.7 cm³/mol. The molecule has 0 saturated carbocycles. The molecule has 4 rings (SSSR count). The van der Waals surface area contributed by atoms with Crippen LogP contribution in [0.5, 0.6) is 0 Å². The first-order valence-corrected chi connectivity index (χ1v) is 10.8. The molecule has 1 saturated heterocycles. The zero-order valence-electron chi connectivity index (χ0n) is 15.0. The Morgan fingerprint density at radius 2 is 1.85 bits per heavy atom. The van der Waals surface area contributed by atoms with Gasteiger partial charge >= 0.3 is 0 Å². The Bertz CT molecular complexity index is 838. The first-order chi connectivity index (χ1) is 12.5. The first kappa shape index (κ1) is 17.7. The highest BCUT2D eigenvalue weighted by atomic mass is 32.2. The molecule has 4 heterocycles. The monoisotopic (exact) mass is 379 g/mol. The van der Waals surface area contributed by atoms with Crippen LogP contribution in [0.4, 0.5) is 0 Å². The molecule has 0 unspecified atom stereocenters. The Balaban J connectivity index is 1.34. The number of aromatic nitrogens is 2. The van der Waals surface area contributed by atoms with Gasteiger partial charge in [-0.15, -0.1) is 0 Å². The molecule has 1 fully saturated rings. The minimum absolute atomic E-state index is 0.560. The van der Waals surface area contributed by atoms with Crippen molar-refractivity contribution in [2.75, 3.05) is 39.0 Å². The molecule has 8 nitrogen and oxygen atoms in total. The van der Waals surface area contributed by atoms with Crippen LogP contribution in [0.1, 0.15) is 17.0 Å². The van der Waals surface area contributed by atoms with E-state index in [0.29, 0.717) is 13.1 Å². The summed E-state index contributed by atoms with van der Waals surface area (Å²) in [6.07, 6.45) is 4.79. The Morgan fingerprint density at radius 3 is 2.54 bits per heavy atom. The van der Waals surface area contributed by atoms with Crippen LogP contribution >= 0.6 is 0 Å². The topological polar surface area (TPSA) is 74.8 Å². The second kappa shape index (κ2) is 7.15. The van der Waals surface area contributed by atoms with Gasteiger partial charge in [0.05, 0.1) is 36.7 Å². The smallest absolute Gasteiger partial charge is 0.211 e. The fourth-order valence-corrected chi connectivity index (χ4v) is 4.51. The van der Waals surface area contributed by atoms with Gasteiger partial charge in [-0.1, -0.05) is 0 Å². The number of furan rings is 1. The standard InChI is InChI=1S/C17H25N5O3S/c1-26(23,24)21-6-3-19(4-7-21)12-16-10-17-13-20(5-8-22(17)18-16)11-15-2-9-25-14-15/h2,9-10,14H,3-8,11-13H2,1H3. The van der Waals surface area contributed by atoms with E-state index in [1.807, 2.05) is 6.07 Å². The molecule has 0 atom stereocenters. The van der Waals surface area contributed by atoms with Crippen molar-refractivity contribution in [3.63, 3.8) is 0 Å². The van der Waals surface area contributed by atoms with Gasteiger partial charge < -0.3 is 4.42 Å². The van der Waals surface area contributed by atoms with Crippen molar-refractivity contribution in [2.45, 2.75) is 26.2 Å². The molecule has 9 heteroatoms. The third kappa shape index (κ3) is 4.01. The summed E-state index contributed by atoms with van der Waals surface area (Å²) in [5.74, 6) is 0. The SMILES string of the molecule is CS(=O)(=O)N1CCN(Cc2cc3n(n2)CCN(Cc2ccoc2)C3)CC1. The van der Waals surface area contributed by atoms with E-state index in [1.54, 1.807) is 16.8 Å². The number of fused-ring (bicyclic) bond motifs is 1. The molecule has 0 radical (unpaired) electrons. The number of piperazine rings is 1. The van der Waals surface area contributed by atoms with Crippen molar-refractivity contribution in [1.29, 1.82) is 0 Å². The maximum absolute atomic E-state index is 11.6. The summed E-state index contributed by atoms with van der Waals surface area (Å²) in [7, 11) is -3.08. The van der Waals surface area contributed by atoms with Crippen molar-refractivity contribution >= 4 is 10.0 Å². The third-order valence-corrected chi connectivity index (χ3v) is 6.40. The molecule has 2 aliphatic rings. The number of hydrogen-bond acceptors (Lipinski definition) is 6. The van der Waals surface area contributed by atoms with E-state index in [-0.39, 0.29) is 0 Å². The molecular formula is C17H25N5O3S. The highest BCUT2D eigenvalue weighted by molar-refractivity contribution is 7.88. The zero-order chi connectivity index (χ0) is 18.1. The van der Waals surface area contributed by atoms with Gasteiger partial charge in [-0.05, 0) is 12.1 Å². The lowest BCUT2D eigenvalue weighted by atomic mass is 10.2. The summed E-state index contributed by atoms with van der Waals surface area (Å²) in [6, 6.07) is 4.19. The Labute approximate surface area is 154 Å². The maximum Gasteiger partial charge on any atom is 0.211 e. The van der Waals surface area contributed by atoms with Gasteiger partial charge in [0.1, 0.15) is 0 Å². The van der Waals surface area contributed by atoms with Gasteiger partial charge in [-0.3, -0.25) is 14.5 Å². The van der Waals surface area contributed by atoms with Crippen LogP contribution in [0.2, 0.25) is 0 Å². The van der Waals surface area contributed by atoms with Crippen LogP contribution in [-0.4, -0.2) is 71.3 Å². The van der Waals surface area contributed by atoms with Gasteiger partial charge in [0.25, 0.3) is 0 Å². The normalized spacial score (nSPS) is 20.3. The van der Waals surface area contributed by atoms with E-state index >= 15 is 0 Å². The second-order valence-corrected chi connectivity index (χ2v) is 9.11. The fraction of sp³-hybridized carbons (Fsp3) is 0.588. The van der Waals surface area contributed by atoms with Gasteiger partial charge in [0.15, 0.2) is 0 Å². The Hall–Kier alpha value is -1.68. The van der Waals surface area contributed by atoms with E-state index < -0.39 is 10.0 Å². The van der Waals surface area contributed by atoms with E-state index in [4.69, 9.17) is 9.52 Å². The highest BCUT2D eigenvalue weighted by Crippen LogP contribution is 2.18. The third-order valence-electron chi connectivity index (χ3n) is 5.10. The van der Waals surface area contributed by atoms with Crippen LogP contribution in [0.15, 0.2) is 29.1 Å². The van der Waals surface area contributed by atoms with E-state index in [9.17, 15) is 8.42 Å². The lowest BCUT2D eigenvalue weighted by Crippen LogP contribution is -2.47. The predicted octanol–water partition coefficient (Wildman–Crippen LogP) is 0.569. The van der Waals surface area contributed by atoms with E-state index in [2.05, 4.69) is 20.5 Å². The van der Waals surface area contributed by atoms with Crippen molar-refractivity contribution in [2.24, 2.45) is 0 Å². The van der Waals surface area contributed by atoms with Crippen molar-refractivity contribution in [1.82, 2.24) is 23.9 Å². The van der Waals surface area contributed by atoms with E-state index in [0.717, 1.165) is 51.5 Å². The van der Waals surface area contributed by atoms with E-state index in [1.165, 1.54) is 17.5 Å². The molecule has 0 amide bonds. The molecule has 0 aliphatic carbocycles. The number of hydrogen-bond donors (Lipinski definition) is 0. The van der Waals surface area contributed by atoms with Gasteiger partial charge in [-0.2, -0.15) is 9.40 Å². The van der Waals surface area contributed by atoms with Crippen molar-refractivity contribution < 1.29 is 12.8 Å². The van der Waals surface area contributed by atoms with Gasteiger partial charge in [0.2, 0.25) is 10.0 Å². The van der Waals surface area contributed by atoms with Crippen molar-refractivity contribution in [3.8, 4) is 0 Å². The largest absolute Gasteiger partial charge is 0.472 e. The van der Waals surface area contributed by atoms with Crippen LogP contribution in [0.3, 0.4) is 0 Å². The van der Waals surface area contributed by atoms with Crippen LogP contribution < -0.4 is 0 Å². The molecule has 142 valence electrons. The number of rotatable bonds is 5. The Morgan fingerprint density at radius 1 is 1.08 bits per heavy atom. The average Bonchev–Trinajstić information content (AvgIpc) is 3.23. The first-order valence-electron chi connectivity index (χ1n) is 8.94. The summed E-state index contributed by atoms with van der Waals surface area (Å²) >= 11 is 0. The minimum Gasteiger partial charge on any atom is -0.472 e. The van der Waals surface area contributed by atoms with Crippen molar-refractivity contribution in [3.05, 3.63) is 41.6 Å². The molecule has 0 aromatic carbocycles. The zero-order valence-corrected chi connectivity index (χ0v) is 15.9. The highest BCUT2D eigenvalue weighted by Gasteiger charge is 2.25. The maximum atomic E-state index is 11.6. The van der Waals surface area contributed by atoms with Gasteiger partial charge in [0, 0.05) is 57.9 Å². The van der Waals surface area contributed by atoms with Gasteiger partial charge in [-0.25, -0.2) is 8.42 Å². The minimum atomic E-state index is -3.08. The summed E-state index contributed by atoms with van der Waals surface area (Å²) in [5, 5.41) is 4.74.